The van der Waals surface area contributed by atoms with E-state index in [1.165, 1.54) is 23.8 Å². The van der Waals surface area contributed by atoms with Crippen molar-refractivity contribution < 1.29 is 19.1 Å². The van der Waals surface area contributed by atoms with Crippen LogP contribution in [0.1, 0.15) is 21.5 Å². The summed E-state index contributed by atoms with van der Waals surface area (Å²) < 4.78 is 13.8. The first kappa shape index (κ1) is 24.9. The normalized spacial score (nSPS) is 14.1. The van der Waals surface area contributed by atoms with E-state index in [1.54, 1.807) is 34.1 Å². The van der Waals surface area contributed by atoms with Gasteiger partial charge in [-0.15, -0.1) is 0 Å². The number of piperazine rings is 1. The zero-order valence-corrected chi connectivity index (χ0v) is 20.0. The van der Waals surface area contributed by atoms with E-state index in [-0.39, 0.29) is 23.4 Å². The van der Waals surface area contributed by atoms with Gasteiger partial charge in [0.25, 0.3) is 0 Å². The highest BCUT2D eigenvalue weighted by molar-refractivity contribution is 6.31. The largest absolute Gasteiger partial charge is 0.388 e. The van der Waals surface area contributed by atoms with E-state index in [9.17, 15) is 14.0 Å². The molecule has 0 radical (unpaired) electrons. The molecule has 6 nitrogen and oxygen atoms in total. The molecule has 1 heterocycles. The van der Waals surface area contributed by atoms with Crippen LogP contribution in [0.4, 0.5) is 14.9 Å². The Labute approximate surface area is 209 Å². The number of amides is 2. The van der Waals surface area contributed by atoms with Crippen molar-refractivity contribution in [2.75, 3.05) is 37.7 Å². The van der Waals surface area contributed by atoms with Crippen LogP contribution >= 0.6 is 11.6 Å². The van der Waals surface area contributed by atoms with Gasteiger partial charge in [-0.05, 0) is 29.3 Å². The summed E-state index contributed by atoms with van der Waals surface area (Å²) in [6.45, 7) is 3.13. The summed E-state index contributed by atoms with van der Waals surface area (Å²) >= 11 is 6.02. The molecule has 3 aromatic rings. The lowest BCUT2D eigenvalue weighted by atomic mass is 10.1. The SMILES string of the molecule is O=C(CO)c1ccc(CN(C(=O)N2CCN(Cc3ccccc3)CC2)c2ccc(F)c(Cl)c2)cc1. The second kappa shape index (κ2) is 11.4. The predicted octanol–water partition coefficient (Wildman–Crippen LogP) is 4.60. The number of carbonyl (C=O) groups is 2. The quantitative estimate of drug-likeness (QED) is 0.487. The van der Waals surface area contributed by atoms with Gasteiger partial charge in [-0.2, -0.15) is 0 Å². The first-order valence-corrected chi connectivity index (χ1v) is 11.8. The zero-order valence-electron chi connectivity index (χ0n) is 19.2. The van der Waals surface area contributed by atoms with E-state index in [2.05, 4.69) is 17.0 Å². The minimum atomic E-state index is -0.561. The average Bonchev–Trinajstić information content (AvgIpc) is 2.89. The fraction of sp³-hybridized carbons (Fsp3) is 0.259. The standard InChI is InChI=1S/C27H27ClFN3O3/c28-24-16-23(10-11-25(24)29)32(18-21-6-8-22(9-7-21)26(34)19-33)27(35)31-14-12-30(13-15-31)17-20-4-2-1-3-5-20/h1-11,16,33H,12-15,17-19H2. The molecule has 0 aromatic heterocycles. The van der Waals surface area contributed by atoms with E-state index < -0.39 is 12.4 Å². The molecule has 8 heteroatoms. The summed E-state index contributed by atoms with van der Waals surface area (Å²) in [6.07, 6.45) is 0. The molecule has 4 rings (SSSR count). The number of aliphatic hydroxyl groups is 1. The van der Waals surface area contributed by atoms with Crippen LogP contribution in [0.3, 0.4) is 0 Å². The Bertz CT molecular complexity index is 1170. The fourth-order valence-corrected chi connectivity index (χ4v) is 4.28. The first-order chi connectivity index (χ1) is 16.9. The fourth-order valence-electron chi connectivity index (χ4n) is 4.10. The maximum absolute atomic E-state index is 13.8. The summed E-state index contributed by atoms with van der Waals surface area (Å²) in [4.78, 5) is 31.0. The number of aliphatic hydroxyl groups excluding tert-OH is 1. The molecule has 0 aliphatic carbocycles. The Hall–Kier alpha value is -3.26. The minimum absolute atomic E-state index is 0.0585. The molecule has 1 aliphatic heterocycles. The Kier molecular flexibility index (Phi) is 8.13. The Morgan fingerprint density at radius 3 is 2.23 bits per heavy atom. The van der Waals surface area contributed by atoms with Crippen LogP contribution in [-0.4, -0.2) is 59.5 Å². The van der Waals surface area contributed by atoms with Crippen LogP contribution in [0, 0.1) is 5.82 Å². The molecule has 0 atom stereocenters. The van der Waals surface area contributed by atoms with Crippen molar-refractivity contribution in [2.45, 2.75) is 13.1 Å². The molecule has 35 heavy (non-hydrogen) atoms. The number of nitrogens with zero attached hydrogens (tertiary/aromatic N) is 3. The van der Waals surface area contributed by atoms with Gasteiger partial charge in [0.2, 0.25) is 0 Å². The van der Waals surface area contributed by atoms with E-state index in [4.69, 9.17) is 16.7 Å². The van der Waals surface area contributed by atoms with Gasteiger partial charge in [-0.3, -0.25) is 14.6 Å². The lowest BCUT2D eigenvalue weighted by Crippen LogP contribution is -2.52. The molecular weight excluding hydrogens is 469 g/mol. The van der Waals surface area contributed by atoms with Crippen molar-refractivity contribution in [2.24, 2.45) is 0 Å². The van der Waals surface area contributed by atoms with Gasteiger partial charge in [0.1, 0.15) is 12.4 Å². The third-order valence-electron chi connectivity index (χ3n) is 6.10. The van der Waals surface area contributed by atoms with Crippen LogP contribution in [0.2, 0.25) is 5.02 Å². The van der Waals surface area contributed by atoms with E-state index in [0.29, 0.717) is 24.3 Å². The first-order valence-electron chi connectivity index (χ1n) is 11.5. The van der Waals surface area contributed by atoms with Crippen molar-refractivity contribution in [1.29, 1.82) is 0 Å². The van der Waals surface area contributed by atoms with Gasteiger partial charge in [0.05, 0.1) is 11.6 Å². The van der Waals surface area contributed by atoms with Gasteiger partial charge < -0.3 is 10.0 Å². The highest BCUT2D eigenvalue weighted by Crippen LogP contribution is 2.26. The summed E-state index contributed by atoms with van der Waals surface area (Å²) in [5.41, 5.74) is 2.91. The number of rotatable bonds is 7. The number of benzene rings is 3. The third-order valence-corrected chi connectivity index (χ3v) is 6.39. The van der Waals surface area contributed by atoms with E-state index in [0.717, 1.165) is 25.2 Å². The maximum Gasteiger partial charge on any atom is 0.324 e. The number of hydrogen-bond donors (Lipinski definition) is 1. The lowest BCUT2D eigenvalue weighted by Gasteiger charge is -2.37. The third kappa shape index (κ3) is 6.25. The topological polar surface area (TPSA) is 64.1 Å². The Morgan fingerprint density at radius 2 is 1.60 bits per heavy atom. The van der Waals surface area contributed by atoms with Gasteiger partial charge in [0.15, 0.2) is 5.78 Å². The van der Waals surface area contributed by atoms with Crippen molar-refractivity contribution in [3.63, 3.8) is 0 Å². The van der Waals surface area contributed by atoms with Crippen LogP contribution in [0.25, 0.3) is 0 Å². The maximum atomic E-state index is 13.8. The highest BCUT2D eigenvalue weighted by atomic mass is 35.5. The number of anilines is 1. The molecule has 0 saturated carbocycles. The molecule has 0 bridgehead atoms. The number of Topliss-reactive ketones (excluding diaryl/α,β-unsaturated/α-hetero) is 1. The smallest absolute Gasteiger partial charge is 0.324 e. The number of urea groups is 1. The second-order valence-corrected chi connectivity index (χ2v) is 8.90. The summed E-state index contributed by atoms with van der Waals surface area (Å²) in [5, 5.41) is 9.01. The van der Waals surface area contributed by atoms with Crippen molar-refractivity contribution in [3.05, 3.63) is 100 Å². The molecule has 0 unspecified atom stereocenters. The van der Waals surface area contributed by atoms with Crippen molar-refractivity contribution >= 4 is 29.1 Å². The lowest BCUT2D eigenvalue weighted by molar-refractivity contribution is 0.0903. The zero-order chi connectivity index (χ0) is 24.8. The van der Waals surface area contributed by atoms with Gasteiger partial charge in [-0.25, -0.2) is 9.18 Å². The number of carbonyl (C=O) groups excluding carboxylic acids is 2. The number of hydrogen-bond acceptors (Lipinski definition) is 4. The van der Waals surface area contributed by atoms with Gasteiger partial charge in [-0.1, -0.05) is 66.2 Å². The highest BCUT2D eigenvalue weighted by Gasteiger charge is 2.27. The molecule has 0 spiro atoms. The van der Waals surface area contributed by atoms with Crippen LogP contribution in [0.5, 0.6) is 0 Å². The van der Waals surface area contributed by atoms with E-state index >= 15 is 0 Å². The summed E-state index contributed by atoms with van der Waals surface area (Å²) in [7, 11) is 0. The summed E-state index contributed by atoms with van der Waals surface area (Å²) in [5.74, 6) is -0.924. The average molecular weight is 496 g/mol. The molecule has 2 amide bonds. The second-order valence-electron chi connectivity index (χ2n) is 8.49. The molecular formula is C27H27ClFN3O3. The molecule has 1 N–H and O–H groups in total. The van der Waals surface area contributed by atoms with Gasteiger partial charge in [0, 0.05) is 44.0 Å². The summed E-state index contributed by atoms with van der Waals surface area (Å²) in [6, 6.07) is 21.0. The minimum Gasteiger partial charge on any atom is -0.388 e. The Balaban J connectivity index is 1.49. The number of halogens is 2. The predicted molar refractivity (Wildman–Crippen MR) is 134 cm³/mol. The molecule has 1 saturated heterocycles. The number of ketones is 1. The molecule has 1 aliphatic rings. The van der Waals surface area contributed by atoms with Crippen molar-refractivity contribution in [1.82, 2.24) is 9.80 Å². The van der Waals surface area contributed by atoms with Crippen LogP contribution in [0.15, 0.2) is 72.8 Å². The molecule has 1 fully saturated rings. The molecule has 3 aromatic carbocycles. The van der Waals surface area contributed by atoms with Crippen molar-refractivity contribution in [3.8, 4) is 0 Å². The van der Waals surface area contributed by atoms with Crippen LogP contribution < -0.4 is 4.90 Å². The van der Waals surface area contributed by atoms with Gasteiger partial charge >= 0.3 is 6.03 Å². The van der Waals surface area contributed by atoms with E-state index in [1.807, 2.05) is 18.2 Å². The van der Waals surface area contributed by atoms with Crippen LogP contribution in [-0.2, 0) is 13.1 Å². The Morgan fingerprint density at radius 1 is 0.914 bits per heavy atom. The molecule has 182 valence electrons. The monoisotopic (exact) mass is 495 g/mol.